The maximum absolute atomic E-state index is 12.6. The van der Waals surface area contributed by atoms with E-state index in [2.05, 4.69) is 33.0 Å². The van der Waals surface area contributed by atoms with Crippen molar-refractivity contribution >= 4 is 29.0 Å². The first-order valence-electron chi connectivity index (χ1n) is 10.9. The molecule has 3 amide bonds. The summed E-state index contributed by atoms with van der Waals surface area (Å²) in [6, 6.07) is 17.7. The van der Waals surface area contributed by atoms with Crippen molar-refractivity contribution in [3.63, 3.8) is 0 Å². The summed E-state index contributed by atoms with van der Waals surface area (Å²) in [6.45, 7) is 3.92. The Morgan fingerprint density at radius 2 is 1.88 bits per heavy atom. The number of benzene rings is 2. The molecular weight excluding hydrogens is 422 g/mol. The van der Waals surface area contributed by atoms with E-state index in [0.29, 0.717) is 18.1 Å². The molecule has 2 N–H and O–H groups in total. The highest BCUT2D eigenvalue weighted by atomic mass is 32.1. The Kier molecular flexibility index (Phi) is 7.11. The topological polar surface area (TPSA) is 87.2 Å². The molecule has 2 heterocycles. The number of anilines is 1. The molecule has 1 aliphatic heterocycles. The normalized spacial score (nSPS) is 15.9. The van der Waals surface area contributed by atoms with Crippen LogP contribution in [0.4, 0.5) is 10.5 Å². The zero-order valence-corrected chi connectivity index (χ0v) is 18.9. The summed E-state index contributed by atoms with van der Waals surface area (Å²) < 4.78 is 0. The number of nitrogens with one attached hydrogen (secondary N) is 2. The molecular formula is C24H27N5O2S. The maximum atomic E-state index is 12.6. The van der Waals surface area contributed by atoms with Crippen LogP contribution in [0.2, 0.25) is 0 Å². The smallest absolute Gasteiger partial charge is 0.317 e. The molecule has 0 bridgehead atoms. The van der Waals surface area contributed by atoms with Crippen molar-refractivity contribution in [3.8, 4) is 0 Å². The highest BCUT2D eigenvalue weighted by molar-refractivity contribution is 7.13. The van der Waals surface area contributed by atoms with Crippen LogP contribution in [0.3, 0.4) is 0 Å². The van der Waals surface area contributed by atoms with Gasteiger partial charge in [-0.2, -0.15) is 0 Å². The average molecular weight is 450 g/mol. The number of rotatable bonds is 6. The van der Waals surface area contributed by atoms with Gasteiger partial charge in [0.25, 0.3) is 5.91 Å². The molecule has 0 unspecified atom stereocenters. The number of hydrogen-bond donors (Lipinski definition) is 2. The standard InChI is InChI=1S/C24H27N5O2S/c1-17-9-11-20(12-10-17)26-21(30)23-28-27-22(32-23)19-8-5-15-29(16-19)24(31)25-14-13-18-6-3-2-4-7-18/h2-4,6-7,9-12,19H,5,8,13-16H2,1H3,(H,25,31)(H,26,30)/t19-/m1/s1. The third kappa shape index (κ3) is 5.70. The van der Waals surface area contributed by atoms with Crippen molar-refractivity contribution < 1.29 is 9.59 Å². The molecule has 3 aromatic rings. The number of carbonyl (C=O) groups is 2. The van der Waals surface area contributed by atoms with Gasteiger partial charge < -0.3 is 15.5 Å². The van der Waals surface area contributed by atoms with E-state index < -0.39 is 0 Å². The summed E-state index contributed by atoms with van der Waals surface area (Å²) in [7, 11) is 0. The number of likely N-dealkylation sites (tertiary alicyclic amines) is 1. The van der Waals surface area contributed by atoms with E-state index in [1.165, 1.54) is 16.9 Å². The summed E-state index contributed by atoms with van der Waals surface area (Å²) in [5.41, 5.74) is 3.06. The fourth-order valence-corrected chi connectivity index (χ4v) is 4.61. The zero-order chi connectivity index (χ0) is 22.3. The number of hydrogen-bond acceptors (Lipinski definition) is 5. The highest BCUT2D eigenvalue weighted by Crippen LogP contribution is 2.29. The number of piperidine rings is 1. The first kappa shape index (κ1) is 22.0. The van der Waals surface area contributed by atoms with Gasteiger partial charge in [-0.05, 0) is 43.9 Å². The van der Waals surface area contributed by atoms with Crippen LogP contribution < -0.4 is 10.6 Å². The van der Waals surface area contributed by atoms with Gasteiger partial charge in [0.05, 0.1) is 0 Å². The van der Waals surface area contributed by atoms with Crippen molar-refractivity contribution in [2.75, 3.05) is 25.0 Å². The van der Waals surface area contributed by atoms with Crippen LogP contribution in [0.1, 0.15) is 44.7 Å². The summed E-state index contributed by atoms with van der Waals surface area (Å²) in [6.07, 6.45) is 2.64. The molecule has 1 aliphatic rings. The fourth-order valence-electron chi connectivity index (χ4n) is 3.75. The highest BCUT2D eigenvalue weighted by Gasteiger charge is 2.28. The lowest BCUT2D eigenvalue weighted by atomic mass is 9.99. The number of urea groups is 1. The Bertz CT molecular complexity index is 1050. The summed E-state index contributed by atoms with van der Waals surface area (Å²) in [4.78, 5) is 27.0. The minimum atomic E-state index is -0.260. The quantitative estimate of drug-likeness (QED) is 0.590. The van der Waals surface area contributed by atoms with Gasteiger partial charge in [0, 0.05) is 31.2 Å². The van der Waals surface area contributed by atoms with E-state index in [0.717, 1.165) is 42.1 Å². The van der Waals surface area contributed by atoms with Gasteiger partial charge in [-0.3, -0.25) is 4.79 Å². The van der Waals surface area contributed by atoms with Crippen molar-refractivity contribution in [1.29, 1.82) is 0 Å². The van der Waals surface area contributed by atoms with Crippen LogP contribution in [0.5, 0.6) is 0 Å². The Labute approximate surface area is 191 Å². The molecule has 1 atom stereocenters. The summed E-state index contributed by atoms with van der Waals surface area (Å²) >= 11 is 1.31. The van der Waals surface area contributed by atoms with Gasteiger partial charge in [-0.15, -0.1) is 10.2 Å². The minimum Gasteiger partial charge on any atom is -0.338 e. The molecule has 1 fully saturated rings. The van der Waals surface area contributed by atoms with Crippen LogP contribution in [0.25, 0.3) is 0 Å². The van der Waals surface area contributed by atoms with E-state index >= 15 is 0 Å². The Morgan fingerprint density at radius 1 is 1.09 bits per heavy atom. The van der Waals surface area contributed by atoms with Crippen molar-refractivity contribution in [3.05, 3.63) is 75.7 Å². The molecule has 2 aromatic carbocycles. The molecule has 32 heavy (non-hydrogen) atoms. The van der Waals surface area contributed by atoms with E-state index in [-0.39, 0.29) is 17.9 Å². The number of amides is 3. The van der Waals surface area contributed by atoms with Crippen LogP contribution in [0.15, 0.2) is 54.6 Å². The number of nitrogens with zero attached hydrogens (tertiary/aromatic N) is 3. The second-order valence-corrected chi connectivity index (χ2v) is 9.03. The molecule has 8 heteroatoms. The van der Waals surface area contributed by atoms with Crippen LogP contribution >= 0.6 is 11.3 Å². The van der Waals surface area contributed by atoms with Gasteiger partial charge in [0.1, 0.15) is 5.01 Å². The van der Waals surface area contributed by atoms with Crippen molar-refractivity contribution in [1.82, 2.24) is 20.4 Å². The van der Waals surface area contributed by atoms with Crippen molar-refractivity contribution in [2.24, 2.45) is 0 Å². The molecule has 0 spiro atoms. The second kappa shape index (κ2) is 10.4. The van der Waals surface area contributed by atoms with Crippen molar-refractivity contribution in [2.45, 2.75) is 32.1 Å². The first-order chi connectivity index (χ1) is 15.6. The second-order valence-electron chi connectivity index (χ2n) is 8.02. The predicted molar refractivity (Wildman–Crippen MR) is 126 cm³/mol. The monoisotopic (exact) mass is 449 g/mol. The molecule has 4 rings (SSSR count). The lowest BCUT2D eigenvalue weighted by Crippen LogP contribution is -2.45. The third-order valence-corrected chi connectivity index (χ3v) is 6.62. The lowest BCUT2D eigenvalue weighted by Gasteiger charge is -2.31. The third-order valence-electron chi connectivity index (χ3n) is 5.53. The summed E-state index contributed by atoms with van der Waals surface area (Å²) in [5, 5.41) is 15.4. The molecule has 0 aliphatic carbocycles. The Hall–Kier alpha value is -3.26. The van der Waals surface area contributed by atoms with E-state index in [1.807, 2.05) is 54.3 Å². The molecule has 0 radical (unpaired) electrons. The number of carbonyl (C=O) groups excluding carboxylic acids is 2. The van der Waals surface area contributed by atoms with E-state index in [9.17, 15) is 9.59 Å². The SMILES string of the molecule is Cc1ccc(NC(=O)c2nnc([C@@H]3CCCN(C(=O)NCCc4ccccc4)C3)s2)cc1. The van der Waals surface area contributed by atoms with Crippen LogP contribution in [-0.2, 0) is 6.42 Å². The van der Waals surface area contributed by atoms with Crippen LogP contribution in [0, 0.1) is 6.92 Å². The van der Waals surface area contributed by atoms with Gasteiger partial charge in [-0.1, -0.05) is 59.4 Å². The molecule has 7 nitrogen and oxygen atoms in total. The van der Waals surface area contributed by atoms with Gasteiger partial charge in [-0.25, -0.2) is 4.79 Å². The van der Waals surface area contributed by atoms with E-state index in [4.69, 9.17) is 0 Å². The summed E-state index contributed by atoms with van der Waals surface area (Å²) in [5.74, 6) is -0.161. The van der Waals surface area contributed by atoms with Gasteiger partial charge >= 0.3 is 6.03 Å². The molecule has 166 valence electrons. The fraction of sp³-hybridized carbons (Fsp3) is 0.333. The minimum absolute atomic E-state index is 0.0486. The van der Waals surface area contributed by atoms with E-state index in [1.54, 1.807) is 0 Å². The number of aromatic nitrogens is 2. The van der Waals surface area contributed by atoms with Gasteiger partial charge in [0.15, 0.2) is 0 Å². The average Bonchev–Trinajstić information content (AvgIpc) is 3.32. The maximum Gasteiger partial charge on any atom is 0.317 e. The lowest BCUT2D eigenvalue weighted by molar-refractivity contribution is 0.102. The molecule has 1 aromatic heterocycles. The Morgan fingerprint density at radius 3 is 2.66 bits per heavy atom. The number of aryl methyl sites for hydroxylation is 1. The zero-order valence-electron chi connectivity index (χ0n) is 18.1. The Balaban J connectivity index is 1.30. The largest absolute Gasteiger partial charge is 0.338 e. The molecule has 1 saturated heterocycles. The van der Waals surface area contributed by atoms with Gasteiger partial charge in [0.2, 0.25) is 5.01 Å². The predicted octanol–water partition coefficient (Wildman–Crippen LogP) is 4.23. The van der Waals surface area contributed by atoms with Crippen LogP contribution in [-0.4, -0.2) is 46.7 Å². The first-order valence-corrected chi connectivity index (χ1v) is 11.7. The molecule has 0 saturated carbocycles.